The lowest BCUT2D eigenvalue weighted by Gasteiger charge is -2.28. The third-order valence-corrected chi connectivity index (χ3v) is 9.95. The maximum Gasteiger partial charge on any atom is 0.329 e. The molecule has 1 aromatic rings. The summed E-state index contributed by atoms with van der Waals surface area (Å²) in [6, 6.07) is 7.57. The summed E-state index contributed by atoms with van der Waals surface area (Å²) in [4.78, 5) is 53.4. The van der Waals surface area contributed by atoms with Crippen molar-refractivity contribution in [2.75, 3.05) is 6.61 Å². The van der Waals surface area contributed by atoms with Crippen molar-refractivity contribution in [2.24, 2.45) is 29.6 Å². The van der Waals surface area contributed by atoms with Crippen LogP contribution in [-0.2, 0) is 19.1 Å². The predicted octanol–water partition coefficient (Wildman–Crippen LogP) is 3.61. The van der Waals surface area contributed by atoms with Gasteiger partial charge in [0.25, 0.3) is 0 Å². The van der Waals surface area contributed by atoms with Gasteiger partial charge >= 0.3 is 5.97 Å². The summed E-state index contributed by atoms with van der Waals surface area (Å²) >= 11 is 7.35. The summed E-state index contributed by atoms with van der Waals surface area (Å²) in [5.41, 5.74) is 0.446. The number of nitrogens with zero attached hydrogens (tertiary/aromatic N) is 1. The molecule has 0 radical (unpaired) electrons. The van der Waals surface area contributed by atoms with Gasteiger partial charge in [0.15, 0.2) is 12.4 Å². The summed E-state index contributed by atoms with van der Waals surface area (Å²) in [6.45, 7) is 3.43. The highest BCUT2D eigenvalue weighted by Gasteiger charge is 2.67. The van der Waals surface area contributed by atoms with Crippen molar-refractivity contribution in [3.05, 3.63) is 35.9 Å². The number of ketones is 1. The zero-order valence-corrected chi connectivity index (χ0v) is 20.5. The van der Waals surface area contributed by atoms with E-state index in [1.807, 2.05) is 13.8 Å². The number of carbonyl (C=O) groups excluding carboxylic acids is 4. The van der Waals surface area contributed by atoms with E-state index in [2.05, 4.69) is 31.9 Å². The lowest BCUT2D eigenvalue weighted by molar-refractivity contribution is -0.159. The Morgan fingerprint density at radius 2 is 1.58 bits per heavy atom. The molecule has 2 bridgehead atoms. The lowest BCUT2D eigenvalue weighted by atomic mass is 9.81. The summed E-state index contributed by atoms with van der Waals surface area (Å²) in [5.74, 6) is -2.12. The molecule has 0 N–H and O–H groups in total. The number of amides is 2. The second kappa shape index (κ2) is 8.77. The standard InChI is InChI=1S/C23H25Br2NO5/c1-11(2)8-15(23(30)31-10-16(27)12-6-4-3-5-7-12)26-21(28)17-13-9-14(18(17)22(26)29)20(25)19(13)24/h3-7,11,13-15,17-20H,8-10H2,1-2H3/t13-,14-,15-,17-,18+,19+,20+/m1/s1. The van der Waals surface area contributed by atoms with Crippen LogP contribution in [0.3, 0.4) is 0 Å². The average molecular weight is 555 g/mol. The Hall–Kier alpha value is -1.54. The Labute approximate surface area is 198 Å². The van der Waals surface area contributed by atoms with E-state index in [1.165, 1.54) is 0 Å². The van der Waals surface area contributed by atoms with E-state index in [-0.39, 0.29) is 56.8 Å². The summed E-state index contributed by atoms with van der Waals surface area (Å²) in [5, 5.41) is 0. The number of benzene rings is 1. The van der Waals surface area contributed by atoms with Crippen molar-refractivity contribution in [1.29, 1.82) is 0 Å². The van der Waals surface area contributed by atoms with Gasteiger partial charge in [-0.2, -0.15) is 0 Å². The van der Waals surface area contributed by atoms with Crippen LogP contribution in [0, 0.1) is 29.6 Å². The Morgan fingerprint density at radius 3 is 2.10 bits per heavy atom. The van der Waals surface area contributed by atoms with Crippen LogP contribution in [0.4, 0.5) is 0 Å². The van der Waals surface area contributed by atoms with Gasteiger partial charge < -0.3 is 4.74 Å². The van der Waals surface area contributed by atoms with E-state index < -0.39 is 18.6 Å². The van der Waals surface area contributed by atoms with Gasteiger partial charge in [-0.05, 0) is 30.6 Å². The Kier molecular flexibility index (Phi) is 6.41. The Bertz CT molecular complexity index is 872. The topological polar surface area (TPSA) is 80.8 Å². The second-order valence-corrected chi connectivity index (χ2v) is 11.2. The molecule has 3 fully saturated rings. The minimum Gasteiger partial charge on any atom is -0.456 e. The number of Topliss-reactive ketones (excluding diaryl/α,β-unsaturated/α-hetero) is 1. The minimum atomic E-state index is -1.00. The first-order chi connectivity index (χ1) is 14.7. The van der Waals surface area contributed by atoms with Gasteiger partial charge in [0, 0.05) is 15.2 Å². The van der Waals surface area contributed by atoms with E-state index in [0.717, 1.165) is 11.3 Å². The number of imide groups is 1. The van der Waals surface area contributed by atoms with Crippen LogP contribution in [0.15, 0.2) is 30.3 Å². The maximum absolute atomic E-state index is 13.3. The number of ether oxygens (including phenoxy) is 1. The van der Waals surface area contributed by atoms with E-state index in [4.69, 9.17) is 4.74 Å². The number of alkyl halides is 2. The number of esters is 1. The molecule has 1 saturated heterocycles. The highest BCUT2D eigenvalue weighted by molar-refractivity contribution is 9.12. The van der Waals surface area contributed by atoms with Crippen molar-refractivity contribution in [1.82, 2.24) is 4.90 Å². The fourth-order valence-electron chi connectivity index (χ4n) is 5.37. The molecule has 2 amide bonds. The molecule has 6 nitrogen and oxygen atoms in total. The quantitative estimate of drug-likeness (QED) is 0.223. The van der Waals surface area contributed by atoms with E-state index in [9.17, 15) is 19.2 Å². The molecule has 31 heavy (non-hydrogen) atoms. The van der Waals surface area contributed by atoms with E-state index >= 15 is 0 Å². The van der Waals surface area contributed by atoms with Gasteiger partial charge in [0.1, 0.15) is 6.04 Å². The Morgan fingerprint density at radius 1 is 1.03 bits per heavy atom. The molecule has 1 aromatic carbocycles. The normalized spacial score (nSPS) is 32.5. The maximum atomic E-state index is 13.3. The molecule has 2 aliphatic carbocycles. The number of likely N-dealkylation sites (tertiary alicyclic amines) is 1. The van der Waals surface area contributed by atoms with Gasteiger partial charge in [-0.1, -0.05) is 76.0 Å². The van der Waals surface area contributed by atoms with Crippen molar-refractivity contribution >= 4 is 55.4 Å². The van der Waals surface area contributed by atoms with Crippen molar-refractivity contribution in [3.8, 4) is 0 Å². The third-order valence-electron chi connectivity index (χ3n) is 6.74. The molecule has 4 rings (SSSR count). The number of hydrogen-bond donors (Lipinski definition) is 0. The number of fused-ring (bicyclic) bond motifs is 5. The van der Waals surface area contributed by atoms with Crippen molar-refractivity contribution in [2.45, 2.75) is 42.4 Å². The monoisotopic (exact) mass is 553 g/mol. The fraction of sp³-hybridized carbons (Fsp3) is 0.565. The molecular weight excluding hydrogens is 530 g/mol. The molecule has 1 aliphatic heterocycles. The first-order valence-electron chi connectivity index (χ1n) is 10.6. The zero-order valence-electron chi connectivity index (χ0n) is 17.4. The van der Waals surface area contributed by atoms with Gasteiger partial charge in [-0.25, -0.2) is 4.79 Å². The smallest absolute Gasteiger partial charge is 0.329 e. The number of hydrogen-bond acceptors (Lipinski definition) is 5. The Balaban J connectivity index is 1.51. The van der Waals surface area contributed by atoms with Crippen LogP contribution in [0.1, 0.15) is 37.0 Å². The molecular formula is C23H25Br2NO5. The number of rotatable bonds is 7. The summed E-state index contributed by atoms with van der Waals surface area (Å²) in [6.07, 6.45) is 1.14. The molecule has 0 spiro atoms. The molecule has 8 heteroatoms. The largest absolute Gasteiger partial charge is 0.456 e. The number of carbonyl (C=O) groups is 4. The first-order valence-corrected chi connectivity index (χ1v) is 12.5. The van der Waals surface area contributed by atoms with Crippen molar-refractivity contribution < 1.29 is 23.9 Å². The molecule has 3 aliphatic rings. The van der Waals surface area contributed by atoms with Crippen LogP contribution in [0.5, 0.6) is 0 Å². The van der Waals surface area contributed by atoms with Crippen LogP contribution in [0.25, 0.3) is 0 Å². The molecule has 0 unspecified atom stereocenters. The fourth-order valence-corrected chi connectivity index (χ4v) is 7.25. The molecule has 0 aromatic heterocycles. The highest BCUT2D eigenvalue weighted by Crippen LogP contribution is 2.60. The molecule has 7 atom stereocenters. The van der Waals surface area contributed by atoms with Crippen LogP contribution in [-0.4, -0.2) is 50.8 Å². The van der Waals surface area contributed by atoms with E-state index in [0.29, 0.717) is 12.0 Å². The van der Waals surface area contributed by atoms with Crippen molar-refractivity contribution in [3.63, 3.8) is 0 Å². The third kappa shape index (κ3) is 3.90. The molecule has 1 heterocycles. The predicted molar refractivity (Wildman–Crippen MR) is 121 cm³/mol. The average Bonchev–Trinajstić information content (AvgIpc) is 3.35. The minimum absolute atomic E-state index is 0.0629. The molecule has 2 saturated carbocycles. The first kappa shape index (κ1) is 22.6. The molecule has 166 valence electrons. The van der Waals surface area contributed by atoms with Gasteiger partial charge in [-0.3, -0.25) is 19.3 Å². The van der Waals surface area contributed by atoms with Gasteiger partial charge in [-0.15, -0.1) is 0 Å². The van der Waals surface area contributed by atoms with Crippen LogP contribution >= 0.6 is 31.9 Å². The second-order valence-electron chi connectivity index (χ2n) is 9.09. The van der Waals surface area contributed by atoms with Gasteiger partial charge in [0.05, 0.1) is 11.8 Å². The lowest BCUT2D eigenvalue weighted by Crippen LogP contribution is -2.48. The SMILES string of the molecule is CC(C)C[C@H](C(=O)OCC(=O)c1ccccc1)N1C(=O)[C@@H]2[C@H]3C[C@@H]([C@H](Br)[C@H]3Br)[C@@H]2C1=O. The number of halogens is 2. The van der Waals surface area contributed by atoms with Gasteiger partial charge in [0.2, 0.25) is 11.8 Å². The highest BCUT2D eigenvalue weighted by atomic mass is 79.9. The summed E-state index contributed by atoms with van der Waals surface area (Å²) < 4.78 is 5.31. The van der Waals surface area contributed by atoms with E-state index in [1.54, 1.807) is 30.3 Å². The summed E-state index contributed by atoms with van der Waals surface area (Å²) in [7, 11) is 0. The van der Waals surface area contributed by atoms with Crippen LogP contribution < -0.4 is 0 Å². The zero-order chi connectivity index (χ0) is 22.4. The van der Waals surface area contributed by atoms with Crippen LogP contribution in [0.2, 0.25) is 0 Å².